The predicted molar refractivity (Wildman–Crippen MR) is 87.7 cm³/mol. The molecule has 0 spiro atoms. The van der Waals surface area contributed by atoms with Gasteiger partial charge in [0.15, 0.2) is 0 Å². The highest BCUT2D eigenvalue weighted by molar-refractivity contribution is 7.10. The number of hydrogen-bond donors (Lipinski definition) is 1. The smallest absolute Gasteiger partial charge is 0.118 e. The summed E-state index contributed by atoms with van der Waals surface area (Å²) in [6, 6.07) is 5.01. The van der Waals surface area contributed by atoms with Gasteiger partial charge in [0.05, 0.1) is 6.54 Å². The van der Waals surface area contributed by atoms with Gasteiger partial charge in [0.25, 0.3) is 0 Å². The van der Waals surface area contributed by atoms with E-state index in [0.717, 1.165) is 37.7 Å². The molecule has 114 valence electrons. The Morgan fingerprint density at radius 2 is 2.33 bits per heavy atom. The molecule has 1 N–H and O–H groups in total. The van der Waals surface area contributed by atoms with Gasteiger partial charge in [-0.1, -0.05) is 6.92 Å². The van der Waals surface area contributed by atoms with E-state index in [0.29, 0.717) is 6.04 Å². The van der Waals surface area contributed by atoms with Gasteiger partial charge in [0.2, 0.25) is 0 Å². The van der Waals surface area contributed by atoms with Crippen molar-refractivity contribution >= 4 is 11.3 Å². The Morgan fingerprint density at radius 3 is 3.14 bits per heavy atom. The topological polar surface area (TPSA) is 28.4 Å². The lowest BCUT2D eigenvalue weighted by atomic mass is 10.0. The van der Waals surface area contributed by atoms with Crippen LogP contribution >= 0.6 is 11.3 Å². The van der Waals surface area contributed by atoms with Gasteiger partial charge in [-0.05, 0) is 49.9 Å². The molecule has 21 heavy (non-hydrogen) atoms. The molecule has 0 saturated carbocycles. The molecule has 3 rings (SSSR count). The number of furan rings is 1. The van der Waals surface area contributed by atoms with Crippen molar-refractivity contribution in [2.24, 2.45) is 0 Å². The minimum atomic E-state index is 0.506. The minimum Gasteiger partial charge on any atom is -0.465 e. The van der Waals surface area contributed by atoms with E-state index in [1.165, 1.54) is 17.5 Å². The monoisotopic (exact) mass is 304 g/mol. The molecule has 0 bridgehead atoms. The summed E-state index contributed by atoms with van der Waals surface area (Å²) in [6.45, 7) is 10.4. The maximum absolute atomic E-state index is 5.86. The van der Waals surface area contributed by atoms with Crippen LogP contribution in [0.2, 0.25) is 0 Å². The molecule has 2 aromatic rings. The molecule has 0 amide bonds. The van der Waals surface area contributed by atoms with E-state index in [1.54, 1.807) is 4.88 Å². The van der Waals surface area contributed by atoms with Crippen molar-refractivity contribution in [3.05, 3.63) is 45.0 Å². The minimum absolute atomic E-state index is 0.506. The molecule has 1 atom stereocenters. The first-order chi connectivity index (χ1) is 10.2. The molecule has 0 aromatic carbocycles. The van der Waals surface area contributed by atoms with Crippen LogP contribution in [0.15, 0.2) is 21.9 Å². The lowest BCUT2D eigenvalue weighted by Crippen LogP contribution is -2.32. The van der Waals surface area contributed by atoms with Crippen molar-refractivity contribution in [1.82, 2.24) is 10.2 Å². The van der Waals surface area contributed by atoms with E-state index >= 15 is 0 Å². The molecule has 1 unspecified atom stereocenters. The predicted octanol–water partition coefficient (Wildman–Crippen LogP) is 3.88. The number of nitrogens with zero attached hydrogens (tertiary/aromatic N) is 1. The van der Waals surface area contributed by atoms with E-state index < -0.39 is 0 Å². The van der Waals surface area contributed by atoms with Gasteiger partial charge in [-0.3, -0.25) is 4.90 Å². The fourth-order valence-electron chi connectivity index (χ4n) is 3.08. The zero-order chi connectivity index (χ0) is 14.8. The van der Waals surface area contributed by atoms with E-state index in [2.05, 4.69) is 48.5 Å². The van der Waals surface area contributed by atoms with Gasteiger partial charge < -0.3 is 9.73 Å². The molecule has 0 aliphatic carbocycles. The van der Waals surface area contributed by atoms with Crippen LogP contribution in [0.5, 0.6) is 0 Å². The lowest BCUT2D eigenvalue weighted by molar-refractivity contribution is 0.190. The third-order valence-corrected chi connectivity index (χ3v) is 5.39. The molecule has 4 heteroatoms. The summed E-state index contributed by atoms with van der Waals surface area (Å²) < 4.78 is 5.86. The third kappa shape index (κ3) is 3.07. The quantitative estimate of drug-likeness (QED) is 0.908. The van der Waals surface area contributed by atoms with Crippen LogP contribution in [0, 0.1) is 6.92 Å². The third-order valence-electron chi connectivity index (χ3n) is 4.40. The molecule has 3 heterocycles. The zero-order valence-corrected chi connectivity index (χ0v) is 13.9. The Hall–Kier alpha value is -1.10. The molecule has 1 aliphatic rings. The van der Waals surface area contributed by atoms with Crippen LogP contribution in [0.25, 0.3) is 0 Å². The van der Waals surface area contributed by atoms with Gasteiger partial charge in [-0.25, -0.2) is 0 Å². The summed E-state index contributed by atoms with van der Waals surface area (Å²) in [7, 11) is 0. The molecule has 2 aromatic heterocycles. The molecule has 1 aliphatic heterocycles. The first-order valence-corrected chi connectivity index (χ1v) is 8.66. The van der Waals surface area contributed by atoms with Gasteiger partial charge in [-0.15, -0.1) is 11.3 Å². The van der Waals surface area contributed by atoms with Crippen molar-refractivity contribution in [1.29, 1.82) is 0 Å². The Balaban J connectivity index is 1.71. The molecule has 0 fully saturated rings. The van der Waals surface area contributed by atoms with Gasteiger partial charge >= 0.3 is 0 Å². The standard InChI is InChI=1S/C17H24N2OS/c1-4-18-10-15-9-14(13(3)20-15)11-19-7-5-17-16(12(19)2)6-8-21-17/h6,8-9,12,18H,4-5,7,10-11H2,1-3H3. The summed E-state index contributed by atoms with van der Waals surface area (Å²) in [4.78, 5) is 4.12. The highest BCUT2D eigenvalue weighted by Crippen LogP contribution is 2.34. The normalized spacial score (nSPS) is 18.9. The lowest BCUT2D eigenvalue weighted by Gasteiger charge is -2.33. The van der Waals surface area contributed by atoms with Crippen molar-refractivity contribution in [2.45, 2.75) is 46.3 Å². The number of fused-ring (bicyclic) bond motifs is 1. The van der Waals surface area contributed by atoms with Gasteiger partial charge in [0.1, 0.15) is 11.5 Å². The second kappa shape index (κ2) is 6.34. The van der Waals surface area contributed by atoms with Crippen LogP contribution in [0.3, 0.4) is 0 Å². The second-order valence-corrected chi connectivity index (χ2v) is 6.77. The van der Waals surface area contributed by atoms with Crippen LogP contribution < -0.4 is 5.32 Å². The highest BCUT2D eigenvalue weighted by atomic mass is 32.1. The van der Waals surface area contributed by atoms with E-state index in [9.17, 15) is 0 Å². The number of nitrogens with one attached hydrogen (secondary N) is 1. The highest BCUT2D eigenvalue weighted by Gasteiger charge is 2.25. The maximum atomic E-state index is 5.86. The number of aryl methyl sites for hydroxylation is 1. The fraction of sp³-hybridized carbons (Fsp3) is 0.529. The largest absolute Gasteiger partial charge is 0.465 e. The van der Waals surface area contributed by atoms with Crippen LogP contribution in [0.1, 0.15) is 47.4 Å². The average Bonchev–Trinajstić information content (AvgIpc) is 3.07. The van der Waals surface area contributed by atoms with Crippen LogP contribution in [-0.4, -0.2) is 18.0 Å². The van der Waals surface area contributed by atoms with E-state index in [4.69, 9.17) is 4.42 Å². The molecular weight excluding hydrogens is 280 g/mol. The number of rotatable bonds is 5. The molecule has 0 saturated heterocycles. The molecular formula is C17H24N2OS. The zero-order valence-electron chi connectivity index (χ0n) is 13.1. The van der Waals surface area contributed by atoms with E-state index in [1.807, 2.05) is 11.3 Å². The Morgan fingerprint density at radius 1 is 1.48 bits per heavy atom. The van der Waals surface area contributed by atoms with Gasteiger partial charge in [-0.2, -0.15) is 0 Å². The maximum Gasteiger partial charge on any atom is 0.118 e. The Kier molecular flexibility index (Phi) is 4.48. The van der Waals surface area contributed by atoms with Crippen LogP contribution in [-0.2, 0) is 19.5 Å². The van der Waals surface area contributed by atoms with Gasteiger partial charge in [0, 0.05) is 29.6 Å². The summed E-state index contributed by atoms with van der Waals surface area (Å²) >= 11 is 1.90. The second-order valence-electron chi connectivity index (χ2n) is 5.77. The van der Waals surface area contributed by atoms with Crippen molar-refractivity contribution in [3.63, 3.8) is 0 Å². The average molecular weight is 304 g/mol. The summed E-state index contributed by atoms with van der Waals surface area (Å²) in [5.41, 5.74) is 2.84. The van der Waals surface area contributed by atoms with Crippen molar-refractivity contribution < 1.29 is 4.42 Å². The molecule has 0 radical (unpaired) electrons. The number of hydrogen-bond acceptors (Lipinski definition) is 4. The summed E-state index contributed by atoms with van der Waals surface area (Å²) in [5.74, 6) is 2.11. The van der Waals surface area contributed by atoms with Crippen LogP contribution in [0.4, 0.5) is 0 Å². The molecule has 3 nitrogen and oxygen atoms in total. The van der Waals surface area contributed by atoms with Crippen molar-refractivity contribution in [3.8, 4) is 0 Å². The number of thiophene rings is 1. The first-order valence-electron chi connectivity index (χ1n) is 7.78. The van der Waals surface area contributed by atoms with E-state index in [-0.39, 0.29) is 0 Å². The first kappa shape index (κ1) is 14.8. The fourth-order valence-corrected chi connectivity index (χ4v) is 4.04. The summed E-state index contributed by atoms with van der Waals surface area (Å²) in [6.07, 6.45) is 1.18. The Bertz CT molecular complexity index is 602. The Labute approximate surface area is 131 Å². The van der Waals surface area contributed by atoms with Crippen molar-refractivity contribution in [2.75, 3.05) is 13.1 Å². The summed E-state index contributed by atoms with van der Waals surface area (Å²) in [5, 5.41) is 5.55. The SMILES string of the molecule is CCNCc1cc(CN2CCc3sccc3C2C)c(C)o1.